The zero-order valence-corrected chi connectivity index (χ0v) is 10.5. The molecule has 2 rings (SSSR count). The quantitative estimate of drug-likeness (QED) is 0.713. The molecule has 2 fully saturated rings. The van der Waals surface area contributed by atoms with E-state index in [9.17, 15) is 4.79 Å². The molecule has 2 atom stereocenters. The number of piperazine rings is 1. The number of carbonyl (C=O) groups excluding carboxylic acids is 1. The van der Waals surface area contributed by atoms with Crippen molar-refractivity contribution in [1.29, 1.82) is 0 Å². The Morgan fingerprint density at radius 2 is 1.88 bits per heavy atom. The zero-order valence-electron chi connectivity index (χ0n) is 10.5. The van der Waals surface area contributed by atoms with Gasteiger partial charge in [0.05, 0.1) is 25.3 Å². The third kappa shape index (κ3) is 2.55. The summed E-state index contributed by atoms with van der Waals surface area (Å²) < 4.78 is 5.51. The summed E-state index contributed by atoms with van der Waals surface area (Å²) in [5.74, 6) is 0.285. The number of amides is 1. The second-order valence-corrected chi connectivity index (χ2v) is 6.04. The van der Waals surface area contributed by atoms with Crippen molar-refractivity contribution >= 4 is 5.91 Å². The minimum atomic E-state index is 0.0666. The van der Waals surface area contributed by atoms with Gasteiger partial charge >= 0.3 is 0 Å². The lowest BCUT2D eigenvalue weighted by atomic mass is 9.90. The van der Waals surface area contributed by atoms with Crippen LogP contribution in [-0.2, 0) is 9.53 Å². The van der Waals surface area contributed by atoms with Crippen molar-refractivity contribution in [3.05, 3.63) is 0 Å². The van der Waals surface area contributed by atoms with Crippen LogP contribution >= 0.6 is 0 Å². The maximum atomic E-state index is 12.3. The van der Waals surface area contributed by atoms with E-state index in [4.69, 9.17) is 4.74 Å². The van der Waals surface area contributed by atoms with Gasteiger partial charge in [0, 0.05) is 19.5 Å². The molecule has 4 heteroatoms. The largest absolute Gasteiger partial charge is 0.377 e. The van der Waals surface area contributed by atoms with E-state index in [0.717, 1.165) is 13.1 Å². The van der Waals surface area contributed by atoms with Crippen molar-refractivity contribution in [1.82, 2.24) is 10.2 Å². The fourth-order valence-corrected chi connectivity index (χ4v) is 2.48. The molecule has 2 aliphatic rings. The molecule has 0 spiro atoms. The molecular formula is C12H22N2O2. The van der Waals surface area contributed by atoms with Crippen LogP contribution in [-0.4, -0.2) is 49.2 Å². The second-order valence-electron chi connectivity index (χ2n) is 6.04. The van der Waals surface area contributed by atoms with E-state index in [1.807, 2.05) is 0 Å². The number of ether oxygens (including phenoxy) is 1. The number of nitrogens with zero attached hydrogens (tertiary/aromatic N) is 1. The highest BCUT2D eigenvalue weighted by atomic mass is 16.5. The van der Waals surface area contributed by atoms with Crippen LogP contribution in [0, 0.1) is 5.41 Å². The van der Waals surface area contributed by atoms with Gasteiger partial charge in [0.25, 0.3) is 0 Å². The maximum Gasteiger partial charge on any atom is 0.223 e. The molecule has 0 saturated carbocycles. The van der Waals surface area contributed by atoms with Gasteiger partial charge in [-0.15, -0.1) is 0 Å². The second kappa shape index (κ2) is 4.34. The Hall–Kier alpha value is -0.610. The van der Waals surface area contributed by atoms with E-state index in [1.165, 1.54) is 0 Å². The van der Waals surface area contributed by atoms with Crippen LogP contribution in [0.4, 0.5) is 0 Å². The fourth-order valence-electron chi connectivity index (χ4n) is 2.48. The molecule has 2 heterocycles. The van der Waals surface area contributed by atoms with E-state index in [1.54, 1.807) is 0 Å². The first kappa shape index (κ1) is 11.9. The van der Waals surface area contributed by atoms with E-state index in [-0.39, 0.29) is 23.4 Å². The van der Waals surface area contributed by atoms with Gasteiger partial charge in [0.1, 0.15) is 0 Å². The van der Waals surface area contributed by atoms with Gasteiger partial charge in [-0.05, 0) is 5.41 Å². The Morgan fingerprint density at radius 1 is 1.31 bits per heavy atom. The van der Waals surface area contributed by atoms with Gasteiger partial charge in [-0.3, -0.25) is 4.79 Å². The molecule has 1 N–H and O–H groups in total. The van der Waals surface area contributed by atoms with Crippen LogP contribution in [0.5, 0.6) is 0 Å². The number of hydrogen-bond acceptors (Lipinski definition) is 3. The van der Waals surface area contributed by atoms with E-state index >= 15 is 0 Å². The average molecular weight is 226 g/mol. The molecule has 92 valence electrons. The zero-order chi connectivity index (χ0) is 11.8. The molecule has 2 bridgehead atoms. The Balaban J connectivity index is 2.04. The summed E-state index contributed by atoms with van der Waals surface area (Å²) in [6.45, 7) is 9.43. The summed E-state index contributed by atoms with van der Waals surface area (Å²) in [6, 6.07) is 0.477. The van der Waals surface area contributed by atoms with Crippen molar-refractivity contribution < 1.29 is 9.53 Å². The summed E-state index contributed by atoms with van der Waals surface area (Å²) in [5.41, 5.74) is 0.0666. The van der Waals surface area contributed by atoms with Crippen molar-refractivity contribution in [2.75, 3.05) is 26.3 Å². The highest BCUT2D eigenvalue weighted by Crippen LogP contribution is 2.24. The molecule has 0 aliphatic carbocycles. The molecule has 0 aromatic rings. The van der Waals surface area contributed by atoms with Gasteiger partial charge in [0.15, 0.2) is 0 Å². The SMILES string of the molecule is CC(C)(C)CC(=O)N1C2CNCC1COC2. The molecule has 1 amide bonds. The first-order valence-electron chi connectivity index (χ1n) is 6.07. The average Bonchev–Trinajstić information content (AvgIpc) is 2.13. The van der Waals surface area contributed by atoms with Crippen molar-refractivity contribution in [2.24, 2.45) is 5.41 Å². The van der Waals surface area contributed by atoms with E-state index in [2.05, 4.69) is 31.0 Å². The summed E-state index contributed by atoms with van der Waals surface area (Å²) in [6.07, 6.45) is 0.625. The monoisotopic (exact) mass is 226 g/mol. The van der Waals surface area contributed by atoms with E-state index < -0.39 is 0 Å². The van der Waals surface area contributed by atoms with Crippen LogP contribution in [0.25, 0.3) is 0 Å². The molecule has 0 aromatic heterocycles. The highest BCUT2D eigenvalue weighted by Gasteiger charge is 2.38. The van der Waals surface area contributed by atoms with Crippen molar-refractivity contribution in [3.63, 3.8) is 0 Å². The summed E-state index contributed by atoms with van der Waals surface area (Å²) in [5, 5.41) is 3.36. The molecule has 16 heavy (non-hydrogen) atoms. The van der Waals surface area contributed by atoms with Gasteiger partial charge in [-0.2, -0.15) is 0 Å². The minimum absolute atomic E-state index is 0.0666. The number of rotatable bonds is 1. The van der Waals surface area contributed by atoms with Gasteiger partial charge in [-0.1, -0.05) is 20.8 Å². The van der Waals surface area contributed by atoms with Crippen LogP contribution in [0.2, 0.25) is 0 Å². The highest BCUT2D eigenvalue weighted by molar-refractivity contribution is 5.78. The molecule has 4 nitrogen and oxygen atoms in total. The Kier molecular flexibility index (Phi) is 3.22. The number of carbonyl (C=O) groups is 1. The Bertz CT molecular complexity index is 251. The predicted octanol–water partition coefficient (Wildman–Crippen LogP) is 0.622. The standard InChI is InChI=1S/C12H22N2O2/c1-12(2,3)4-11(15)14-9-5-13-6-10(14)8-16-7-9/h9-10,13H,4-8H2,1-3H3. The molecular weight excluding hydrogens is 204 g/mol. The minimum Gasteiger partial charge on any atom is -0.377 e. The Labute approximate surface area is 97.3 Å². The van der Waals surface area contributed by atoms with Gasteiger partial charge < -0.3 is 15.0 Å². The van der Waals surface area contributed by atoms with Gasteiger partial charge in [0.2, 0.25) is 5.91 Å². The third-order valence-corrected chi connectivity index (χ3v) is 3.14. The van der Waals surface area contributed by atoms with Gasteiger partial charge in [-0.25, -0.2) is 0 Å². The smallest absolute Gasteiger partial charge is 0.223 e. The first-order chi connectivity index (χ1) is 7.47. The van der Waals surface area contributed by atoms with Crippen LogP contribution in [0.3, 0.4) is 0 Å². The summed E-state index contributed by atoms with van der Waals surface area (Å²) in [4.78, 5) is 14.3. The van der Waals surface area contributed by atoms with Crippen LogP contribution < -0.4 is 5.32 Å². The molecule has 2 unspecified atom stereocenters. The van der Waals surface area contributed by atoms with Crippen LogP contribution in [0.15, 0.2) is 0 Å². The first-order valence-corrected chi connectivity index (χ1v) is 6.07. The third-order valence-electron chi connectivity index (χ3n) is 3.14. The maximum absolute atomic E-state index is 12.3. The molecule has 0 radical (unpaired) electrons. The fraction of sp³-hybridized carbons (Fsp3) is 0.917. The van der Waals surface area contributed by atoms with Crippen molar-refractivity contribution in [2.45, 2.75) is 39.3 Å². The van der Waals surface area contributed by atoms with Crippen molar-refractivity contribution in [3.8, 4) is 0 Å². The number of hydrogen-bond donors (Lipinski definition) is 1. The Morgan fingerprint density at radius 3 is 2.38 bits per heavy atom. The number of morpholine rings is 1. The van der Waals surface area contributed by atoms with Crippen LogP contribution in [0.1, 0.15) is 27.2 Å². The molecule has 0 aromatic carbocycles. The lowest BCUT2D eigenvalue weighted by Gasteiger charge is -2.46. The lowest BCUT2D eigenvalue weighted by Crippen LogP contribution is -2.65. The lowest BCUT2D eigenvalue weighted by molar-refractivity contribution is -0.150. The number of nitrogens with one attached hydrogen (secondary N) is 1. The topological polar surface area (TPSA) is 41.6 Å². The summed E-state index contributed by atoms with van der Waals surface area (Å²) in [7, 11) is 0. The predicted molar refractivity (Wildman–Crippen MR) is 62.2 cm³/mol. The number of fused-ring (bicyclic) bond motifs is 2. The normalized spacial score (nSPS) is 30.3. The van der Waals surface area contributed by atoms with E-state index in [0.29, 0.717) is 19.6 Å². The molecule has 2 aliphatic heterocycles. The summed E-state index contributed by atoms with van der Waals surface area (Å²) >= 11 is 0. The molecule has 2 saturated heterocycles.